The third-order valence-electron chi connectivity index (χ3n) is 4.21. The Kier molecular flexibility index (Phi) is 4.95. The SMILES string of the molecule is N#CCCN(C(=O)CSc1n[nH]c2nc3ccccc3n12)c1ccc(F)cc1. The number of carbonyl (C=O) groups is 1. The summed E-state index contributed by atoms with van der Waals surface area (Å²) in [4.78, 5) is 18.8. The predicted octanol–water partition coefficient (Wildman–Crippen LogP) is 3.39. The number of rotatable bonds is 6. The Morgan fingerprint density at radius 1 is 1.25 bits per heavy atom. The molecule has 1 amide bonds. The van der Waals surface area contributed by atoms with Gasteiger partial charge in [0.2, 0.25) is 11.7 Å². The first-order chi connectivity index (χ1) is 13.7. The minimum Gasteiger partial charge on any atom is -0.311 e. The predicted molar refractivity (Wildman–Crippen MR) is 105 cm³/mol. The first kappa shape index (κ1) is 18.0. The molecule has 4 rings (SSSR count). The number of fused-ring (bicyclic) bond motifs is 3. The molecule has 0 spiro atoms. The minimum absolute atomic E-state index is 0.120. The number of hydrogen-bond donors (Lipinski definition) is 1. The van der Waals surface area contributed by atoms with E-state index in [0.717, 1.165) is 11.0 Å². The van der Waals surface area contributed by atoms with E-state index in [-0.39, 0.29) is 30.4 Å². The molecule has 0 unspecified atom stereocenters. The summed E-state index contributed by atoms with van der Waals surface area (Å²) in [7, 11) is 0. The number of hydrogen-bond acceptors (Lipinski definition) is 5. The van der Waals surface area contributed by atoms with Gasteiger partial charge in [-0.15, -0.1) is 5.10 Å². The van der Waals surface area contributed by atoms with Crippen molar-refractivity contribution in [1.82, 2.24) is 19.6 Å². The Hall–Kier alpha value is -3.38. The van der Waals surface area contributed by atoms with E-state index >= 15 is 0 Å². The standard InChI is InChI=1S/C19H15FN6OS/c20-13-6-8-14(9-7-13)25(11-3-10-21)17(27)12-28-19-24-23-18-22-15-4-1-2-5-16(15)26(18)19/h1-2,4-9H,3,11-12H2,(H,22,23). The number of aromatic amines is 1. The summed E-state index contributed by atoms with van der Waals surface area (Å²) in [5, 5.41) is 16.6. The number of thioether (sulfide) groups is 1. The molecule has 0 aliphatic rings. The van der Waals surface area contributed by atoms with Crippen molar-refractivity contribution in [2.45, 2.75) is 11.6 Å². The molecular formula is C19H15FN6OS. The lowest BCUT2D eigenvalue weighted by atomic mass is 10.2. The number of amides is 1. The highest BCUT2D eigenvalue weighted by Gasteiger charge is 2.18. The maximum Gasteiger partial charge on any atom is 0.237 e. The van der Waals surface area contributed by atoms with Crippen molar-refractivity contribution in [3.05, 3.63) is 54.3 Å². The number of imidazole rings is 1. The number of benzene rings is 2. The Labute approximate surface area is 163 Å². The van der Waals surface area contributed by atoms with Crippen molar-refractivity contribution in [3.63, 3.8) is 0 Å². The van der Waals surface area contributed by atoms with Gasteiger partial charge < -0.3 is 4.90 Å². The Bertz CT molecular complexity index is 1180. The number of halogens is 1. The highest BCUT2D eigenvalue weighted by atomic mass is 32.2. The number of aromatic nitrogens is 4. The van der Waals surface area contributed by atoms with E-state index in [1.54, 1.807) is 0 Å². The van der Waals surface area contributed by atoms with E-state index in [1.165, 1.54) is 40.9 Å². The van der Waals surface area contributed by atoms with Crippen LogP contribution in [0.3, 0.4) is 0 Å². The second kappa shape index (κ2) is 7.70. The maximum absolute atomic E-state index is 13.2. The number of nitriles is 1. The number of nitrogens with one attached hydrogen (secondary N) is 1. The fourth-order valence-corrected chi connectivity index (χ4v) is 3.76. The van der Waals surface area contributed by atoms with Crippen molar-refractivity contribution in [2.75, 3.05) is 17.2 Å². The van der Waals surface area contributed by atoms with Gasteiger partial charge in [0.1, 0.15) is 5.82 Å². The molecule has 0 atom stereocenters. The van der Waals surface area contributed by atoms with Gasteiger partial charge in [0, 0.05) is 12.2 Å². The number of anilines is 1. The van der Waals surface area contributed by atoms with Crippen LogP contribution in [0.4, 0.5) is 10.1 Å². The summed E-state index contributed by atoms with van der Waals surface area (Å²) in [6.45, 7) is 0.242. The lowest BCUT2D eigenvalue weighted by Gasteiger charge is -2.21. The molecule has 0 fully saturated rings. The van der Waals surface area contributed by atoms with Gasteiger partial charge in [0.05, 0.1) is 29.3 Å². The van der Waals surface area contributed by atoms with Gasteiger partial charge in [-0.25, -0.2) is 14.5 Å². The summed E-state index contributed by atoms with van der Waals surface area (Å²) in [6.07, 6.45) is 0.187. The van der Waals surface area contributed by atoms with Gasteiger partial charge in [-0.3, -0.25) is 9.20 Å². The number of nitrogens with zero attached hydrogens (tertiary/aromatic N) is 5. The molecule has 2 aromatic carbocycles. The van der Waals surface area contributed by atoms with Crippen LogP contribution < -0.4 is 4.90 Å². The lowest BCUT2D eigenvalue weighted by Crippen LogP contribution is -2.33. The molecule has 7 nitrogen and oxygen atoms in total. The normalized spacial score (nSPS) is 11.0. The summed E-state index contributed by atoms with van der Waals surface area (Å²) >= 11 is 1.28. The molecule has 9 heteroatoms. The smallest absolute Gasteiger partial charge is 0.237 e. The molecule has 0 aliphatic heterocycles. The van der Waals surface area contributed by atoms with Crippen molar-refractivity contribution >= 4 is 40.2 Å². The molecule has 0 saturated carbocycles. The van der Waals surface area contributed by atoms with Crippen LogP contribution in [0.2, 0.25) is 0 Å². The van der Waals surface area contributed by atoms with Crippen LogP contribution in [0, 0.1) is 17.1 Å². The summed E-state index contributed by atoms with van der Waals surface area (Å²) < 4.78 is 15.1. The van der Waals surface area contributed by atoms with Crippen LogP contribution in [-0.2, 0) is 4.79 Å². The molecule has 0 radical (unpaired) electrons. The molecule has 4 aromatic rings. The zero-order valence-electron chi connectivity index (χ0n) is 14.7. The first-order valence-corrected chi connectivity index (χ1v) is 9.53. The molecule has 0 saturated heterocycles. The number of H-pyrrole nitrogens is 1. The molecular weight excluding hydrogens is 379 g/mol. The van der Waals surface area contributed by atoms with Gasteiger partial charge in [-0.2, -0.15) is 5.26 Å². The van der Waals surface area contributed by atoms with Crippen LogP contribution in [0.1, 0.15) is 6.42 Å². The lowest BCUT2D eigenvalue weighted by molar-refractivity contribution is -0.116. The van der Waals surface area contributed by atoms with E-state index in [2.05, 4.69) is 15.2 Å². The molecule has 0 bridgehead atoms. The third-order valence-corrected chi connectivity index (χ3v) is 5.14. The zero-order valence-corrected chi connectivity index (χ0v) is 15.5. The number of para-hydroxylation sites is 2. The van der Waals surface area contributed by atoms with E-state index in [4.69, 9.17) is 5.26 Å². The molecule has 0 aliphatic carbocycles. The van der Waals surface area contributed by atoms with Crippen molar-refractivity contribution < 1.29 is 9.18 Å². The molecule has 28 heavy (non-hydrogen) atoms. The van der Waals surface area contributed by atoms with Crippen molar-refractivity contribution in [2.24, 2.45) is 0 Å². The Balaban J connectivity index is 1.55. The average molecular weight is 394 g/mol. The van der Waals surface area contributed by atoms with Crippen LogP contribution >= 0.6 is 11.8 Å². The second-order valence-electron chi connectivity index (χ2n) is 5.98. The maximum atomic E-state index is 13.2. The fraction of sp³-hybridized carbons (Fsp3) is 0.158. The highest BCUT2D eigenvalue weighted by Crippen LogP contribution is 2.24. The van der Waals surface area contributed by atoms with Crippen LogP contribution in [0.25, 0.3) is 16.8 Å². The van der Waals surface area contributed by atoms with Crippen LogP contribution in [0.15, 0.2) is 53.7 Å². The number of carbonyl (C=O) groups excluding carboxylic acids is 1. The van der Waals surface area contributed by atoms with Gasteiger partial charge >= 0.3 is 0 Å². The van der Waals surface area contributed by atoms with Crippen molar-refractivity contribution in [3.8, 4) is 6.07 Å². The van der Waals surface area contributed by atoms with Gasteiger partial charge in [0.15, 0.2) is 5.16 Å². The van der Waals surface area contributed by atoms with E-state index in [0.29, 0.717) is 16.6 Å². The molecule has 2 heterocycles. The summed E-state index contributed by atoms with van der Waals surface area (Å²) in [5.41, 5.74) is 2.30. The van der Waals surface area contributed by atoms with Gasteiger partial charge in [-0.1, -0.05) is 23.9 Å². The fourth-order valence-electron chi connectivity index (χ4n) is 2.92. The van der Waals surface area contributed by atoms with Gasteiger partial charge in [0.25, 0.3) is 0 Å². The van der Waals surface area contributed by atoms with E-state index in [1.807, 2.05) is 34.7 Å². The monoisotopic (exact) mass is 394 g/mol. The zero-order chi connectivity index (χ0) is 19.5. The van der Waals surface area contributed by atoms with Gasteiger partial charge in [-0.05, 0) is 36.4 Å². The molecule has 140 valence electrons. The Morgan fingerprint density at radius 2 is 2.04 bits per heavy atom. The van der Waals surface area contributed by atoms with Crippen molar-refractivity contribution in [1.29, 1.82) is 5.26 Å². The molecule has 1 N–H and O–H groups in total. The van der Waals surface area contributed by atoms with Crippen LogP contribution in [0.5, 0.6) is 0 Å². The summed E-state index contributed by atoms with van der Waals surface area (Å²) in [6, 6.07) is 15.4. The average Bonchev–Trinajstić information content (AvgIpc) is 3.27. The van der Waals surface area contributed by atoms with E-state index in [9.17, 15) is 9.18 Å². The Morgan fingerprint density at radius 3 is 2.82 bits per heavy atom. The molecule has 2 aromatic heterocycles. The largest absolute Gasteiger partial charge is 0.311 e. The highest BCUT2D eigenvalue weighted by molar-refractivity contribution is 7.99. The summed E-state index contributed by atoms with van der Waals surface area (Å²) in [5.74, 6) is 0.162. The topological polar surface area (TPSA) is 90.1 Å². The van der Waals surface area contributed by atoms with E-state index < -0.39 is 0 Å². The minimum atomic E-state index is -0.378. The third kappa shape index (κ3) is 3.42. The van der Waals surface area contributed by atoms with Crippen LogP contribution in [-0.4, -0.2) is 37.8 Å². The second-order valence-corrected chi connectivity index (χ2v) is 6.93. The first-order valence-electron chi connectivity index (χ1n) is 8.54. The quantitative estimate of drug-likeness (QED) is 0.506.